The lowest BCUT2D eigenvalue weighted by Gasteiger charge is -2.36. The van der Waals surface area contributed by atoms with E-state index in [0.29, 0.717) is 62.3 Å². The summed E-state index contributed by atoms with van der Waals surface area (Å²) in [5.74, 6) is 1.12. The number of amides is 2. The van der Waals surface area contributed by atoms with Crippen molar-refractivity contribution in [3.8, 4) is 5.75 Å². The molecule has 0 spiro atoms. The first-order chi connectivity index (χ1) is 21.0. The number of benzene rings is 1. The molecule has 6 rings (SSSR count). The molecule has 0 atom stereocenters. The van der Waals surface area contributed by atoms with Crippen molar-refractivity contribution in [1.82, 2.24) is 19.4 Å². The third kappa shape index (κ3) is 6.43. The molecule has 9 nitrogen and oxygen atoms in total. The van der Waals surface area contributed by atoms with Gasteiger partial charge in [-0.05, 0) is 85.7 Å². The smallest absolute Gasteiger partial charge is 0.410 e. The van der Waals surface area contributed by atoms with Gasteiger partial charge in [0.15, 0.2) is 11.6 Å². The summed E-state index contributed by atoms with van der Waals surface area (Å²) in [6.45, 7) is 9.81. The van der Waals surface area contributed by atoms with Gasteiger partial charge in [0, 0.05) is 66.5 Å². The minimum atomic E-state index is -0.551. The van der Waals surface area contributed by atoms with E-state index in [-0.39, 0.29) is 12.0 Å². The minimum Gasteiger partial charge on any atom is -0.493 e. The lowest BCUT2D eigenvalue weighted by Crippen LogP contribution is -2.49. The zero-order valence-electron chi connectivity index (χ0n) is 25.7. The molecule has 2 aliphatic heterocycles. The largest absolute Gasteiger partial charge is 0.493 e. The Morgan fingerprint density at radius 3 is 2.48 bits per heavy atom. The number of piperazine rings is 1. The number of hydrogen-bond donors (Lipinski definition) is 0. The first-order valence-electron chi connectivity index (χ1n) is 15.2. The second-order valence-corrected chi connectivity index (χ2v) is 13.7. The summed E-state index contributed by atoms with van der Waals surface area (Å²) in [6, 6.07) is 7.40. The van der Waals surface area contributed by atoms with Crippen molar-refractivity contribution in [2.24, 2.45) is 5.92 Å². The first-order valence-corrected chi connectivity index (χ1v) is 16.0. The van der Waals surface area contributed by atoms with Gasteiger partial charge in [-0.3, -0.25) is 4.79 Å². The number of methoxy groups -OCH3 is 1. The highest BCUT2D eigenvalue weighted by Gasteiger charge is 2.30. The number of ether oxygens (including phenoxy) is 2. The monoisotopic (exact) mass is 667 g/mol. The molecular formula is C33H39BrFN5O4. The Hall–Kier alpha value is -3.60. The molecule has 2 aromatic heterocycles. The van der Waals surface area contributed by atoms with Gasteiger partial charge in [-0.2, -0.15) is 0 Å². The van der Waals surface area contributed by atoms with E-state index in [1.54, 1.807) is 4.90 Å². The van der Waals surface area contributed by atoms with E-state index in [1.807, 2.05) is 42.7 Å². The molecule has 1 aromatic carbocycles. The van der Waals surface area contributed by atoms with Crippen molar-refractivity contribution in [1.29, 1.82) is 0 Å². The Kier molecular flexibility index (Phi) is 8.34. The minimum absolute atomic E-state index is 0.0317. The van der Waals surface area contributed by atoms with Crippen LogP contribution >= 0.6 is 15.9 Å². The van der Waals surface area contributed by atoms with Gasteiger partial charge >= 0.3 is 6.09 Å². The molecule has 1 aliphatic carbocycles. The number of rotatable bonds is 6. The van der Waals surface area contributed by atoms with Gasteiger partial charge in [0.05, 0.1) is 25.4 Å². The van der Waals surface area contributed by atoms with Crippen LogP contribution in [0.3, 0.4) is 0 Å². The molecule has 2 amide bonds. The third-order valence-corrected chi connectivity index (χ3v) is 8.95. The Morgan fingerprint density at radius 2 is 1.80 bits per heavy atom. The number of aromatic nitrogens is 2. The summed E-state index contributed by atoms with van der Waals surface area (Å²) in [5, 5.41) is 0.993. The number of halogens is 2. The van der Waals surface area contributed by atoms with E-state index in [1.165, 1.54) is 32.2 Å². The zero-order valence-corrected chi connectivity index (χ0v) is 27.3. The lowest BCUT2D eigenvalue weighted by atomic mass is 10.1. The highest BCUT2D eigenvalue weighted by molar-refractivity contribution is 9.10. The topological polar surface area (TPSA) is 80.1 Å². The van der Waals surface area contributed by atoms with Gasteiger partial charge in [0.25, 0.3) is 5.91 Å². The number of hydrogen-bond acceptors (Lipinski definition) is 6. The van der Waals surface area contributed by atoms with Gasteiger partial charge in [-0.15, -0.1) is 0 Å². The van der Waals surface area contributed by atoms with E-state index in [2.05, 4.69) is 37.6 Å². The second kappa shape index (κ2) is 12.1. The Balaban J connectivity index is 1.24. The van der Waals surface area contributed by atoms with Gasteiger partial charge in [-0.25, -0.2) is 14.2 Å². The van der Waals surface area contributed by atoms with E-state index in [0.717, 1.165) is 39.6 Å². The summed E-state index contributed by atoms with van der Waals surface area (Å²) in [6.07, 6.45) is 6.29. The highest BCUT2D eigenvalue weighted by Crippen LogP contribution is 2.38. The van der Waals surface area contributed by atoms with E-state index in [9.17, 15) is 14.0 Å². The van der Waals surface area contributed by atoms with Crippen LogP contribution in [0.1, 0.15) is 56.1 Å². The number of carbonyl (C=O) groups excluding carboxylic acids is 2. The zero-order chi connectivity index (χ0) is 31.2. The highest BCUT2D eigenvalue weighted by atomic mass is 79.9. The second-order valence-electron chi connectivity index (χ2n) is 12.9. The van der Waals surface area contributed by atoms with Crippen molar-refractivity contribution < 1.29 is 23.5 Å². The predicted octanol–water partition coefficient (Wildman–Crippen LogP) is 6.34. The molecule has 234 valence electrons. The Morgan fingerprint density at radius 1 is 1.05 bits per heavy atom. The number of fused-ring (bicyclic) bond motifs is 1. The fraction of sp³-hybridized carbons (Fsp3) is 0.485. The summed E-state index contributed by atoms with van der Waals surface area (Å²) < 4.78 is 27.9. The maximum Gasteiger partial charge on any atom is 0.410 e. The van der Waals surface area contributed by atoms with Crippen LogP contribution in [0, 0.1) is 11.7 Å². The van der Waals surface area contributed by atoms with Gasteiger partial charge < -0.3 is 28.7 Å². The molecule has 3 aromatic rings. The molecule has 0 bridgehead atoms. The number of carbonyl (C=O) groups is 2. The number of pyridine rings is 1. The average Bonchev–Trinajstić information content (AvgIpc) is 3.74. The van der Waals surface area contributed by atoms with Crippen molar-refractivity contribution >= 4 is 50.2 Å². The van der Waals surface area contributed by atoms with Crippen molar-refractivity contribution in [2.45, 2.75) is 52.2 Å². The molecule has 2 fully saturated rings. The third-order valence-electron chi connectivity index (χ3n) is 8.35. The van der Waals surface area contributed by atoms with E-state index < -0.39 is 11.4 Å². The number of anilines is 1. The van der Waals surface area contributed by atoms with Crippen LogP contribution < -0.4 is 9.64 Å². The van der Waals surface area contributed by atoms with Gasteiger partial charge in [0.1, 0.15) is 11.4 Å². The van der Waals surface area contributed by atoms with Crippen LogP contribution in [0.15, 0.2) is 41.0 Å². The van der Waals surface area contributed by atoms with Crippen molar-refractivity contribution in [3.63, 3.8) is 0 Å². The van der Waals surface area contributed by atoms with Gasteiger partial charge in [-0.1, -0.05) is 6.08 Å². The predicted molar refractivity (Wildman–Crippen MR) is 172 cm³/mol. The summed E-state index contributed by atoms with van der Waals surface area (Å²) in [4.78, 5) is 36.5. The van der Waals surface area contributed by atoms with Crippen LogP contribution in [-0.4, -0.2) is 83.3 Å². The van der Waals surface area contributed by atoms with Crippen LogP contribution in [0.2, 0.25) is 0 Å². The Bertz CT molecular complexity index is 1620. The lowest BCUT2D eigenvalue weighted by molar-refractivity contribution is 0.0272. The van der Waals surface area contributed by atoms with Crippen LogP contribution in [-0.2, 0) is 11.3 Å². The van der Waals surface area contributed by atoms with Gasteiger partial charge in [0.2, 0.25) is 0 Å². The van der Waals surface area contributed by atoms with Crippen LogP contribution in [0.4, 0.5) is 15.0 Å². The quantitative estimate of drug-likeness (QED) is 0.305. The maximum atomic E-state index is 13.7. The molecule has 1 saturated carbocycles. The molecule has 0 radical (unpaired) electrons. The SMILES string of the molecule is COc1cc(F)cnc1N1CCN(C(=O)c2cc(Br)c3c(c2)cc(C2=CCCN(C(=O)OC(C)(C)C)C2)n3CC2CC2)CC1. The molecule has 44 heavy (non-hydrogen) atoms. The molecule has 0 unspecified atom stereocenters. The van der Waals surface area contributed by atoms with E-state index in [4.69, 9.17) is 9.47 Å². The van der Waals surface area contributed by atoms with Crippen LogP contribution in [0.5, 0.6) is 5.75 Å². The molecule has 4 heterocycles. The van der Waals surface area contributed by atoms with Crippen LogP contribution in [0.25, 0.3) is 16.5 Å². The molecule has 11 heteroatoms. The van der Waals surface area contributed by atoms with Crippen molar-refractivity contribution in [3.05, 3.63) is 58.1 Å². The summed E-state index contributed by atoms with van der Waals surface area (Å²) in [5.41, 5.74) is 3.32. The molecule has 0 N–H and O–H groups in total. The molecular weight excluding hydrogens is 629 g/mol. The van der Waals surface area contributed by atoms with Crippen molar-refractivity contribution in [2.75, 3.05) is 51.3 Å². The summed E-state index contributed by atoms with van der Waals surface area (Å²) >= 11 is 3.81. The van der Waals surface area contributed by atoms with E-state index >= 15 is 0 Å². The standard InChI is InChI=1S/C33H39BrFN5O4/c1-33(2,3)44-32(42)39-9-5-6-22(20-39)27-16-23-14-24(15-26(34)29(23)40(27)19-21-7-8-21)31(41)38-12-10-37(11-13-38)30-28(43-4)17-25(35)18-36-30/h6,14-18,21H,5,7-13,19-20H2,1-4H3. The fourth-order valence-electron chi connectivity index (χ4n) is 6.02. The maximum absolute atomic E-state index is 13.7. The molecule has 3 aliphatic rings. The molecule has 1 saturated heterocycles. The first kappa shape index (κ1) is 30.4. The Labute approximate surface area is 265 Å². The average molecular weight is 669 g/mol. The fourth-order valence-corrected chi connectivity index (χ4v) is 6.70. The number of nitrogens with zero attached hydrogens (tertiary/aromatic N) is 5. The summed E-state index contributed by atoms with van der Waals surface area (Å²) in [7, 11) is 1.50. The normalized spacial score (nSPS) is 17.6.